The van der Waals surface area contributed by atoms with Crippen LogP contribution >= 0.6 is 0 Å². The van der Waals surface area contributed by atoms with Gasteiger partial charge in [0.25, 0.3) is 5.91 Å². The summed E-state index contributed by atoms with van der Waals surface area (Å²) in [5.41, 5.74) is 7.97. The molecular formula is C16H25N3O2. The smallest absolute Gasteiger partial charge is 0.251 e. The molecule has 0 unspecified atom stereocenters. The van der Waals surface area contributed by atoms with Crippen LogP contribution in [0.25, 0.3) is 0 Å². The van der Waals surface area contributed by atoms with Crippen molar-refractivity contribution in [1.82, 2.24) is 5.32 Å². The quantitative estimate of drug-likeness (QED) is 0.720. The van der Waals surface area contributed by atoms with E-state index in [0.29, 0.717) is 24.2 Å². The largest absolute Gasteiger partial charge is 0.352 e. The molecule has 5 nitrogen and oxygen atoms in total. The van der Waals surface area contributed by atoms with E-state index in [4.69, 9.17) is 5.73 Å². The summed E-state index contributed by atoms with van der Waals surface area (Å²) in [6, 6.07) is 4.71. The zero-order chi connectivity index (χ0) is 15.8. The van der Waals surface area contributed by atoms with Crippen LogP contribution in [0.1, 0.15) is 49.0 Å². The number of nitrogens with one attached hydrogen (secondary N) is 2. The highest BCUT2D eigenvalue weighted by Gasteiger charge is 2.14. The van der Waals surface area contributed by atoms with Crippen LogP contribution in [0.2, 0.25) is 0 Å². The second kappa shape index (κ2) is 8.42. The number of amides is 2. The lowest BCUT2D eigenvalue weighted by Gasteiger charge is -2.14. The predicted octanol–water partition coefficient (Wildman–Crippen LogP) is 2.20. The van der Waals surface area contributed by atoms with Gasteiger partial charge < -0.3 is 16.4 Å². The minimum absolute atomic E-state index is 0.113. The van der Waals surface area contributed by atoms with Crippen LogP contribution in [-0.4, -0.2) is 24.4 Å². The highest BCUT2D eigenvalue weighted by Crippen LogP contribution is 2.17. The molecule has 0 radical (unpaired) electrons. The Balaban J connectivity index is 2.72. The van der Waals surface area contributed by atoms with Gasteiger partial charge in [0.15, 0.2) is 0 Å². The lowest BCUT2D eigenvalue weighted by Crippen LogP contribution is -2.35. The van der Waals surface area contributed by atoms with Gasteiger partial charge in [-0.1, -0.05) is 19.8 Å². The second-order valence-electron chi connectivity index (χ2n) is 5.13. The molecule has 0 saturated heterocycles. The van der Waals surface area contributed by atoms with Crippen molar-refractivity contribution >= 4 is 17.5 Å². The standard InChI is InChI=1S/C16H25N3O2/c1-4-6-7-13(17)16(21)19-14-9-8-12(10-11(14)3)15(20)18-5-2/h8-10,13H,4-7,17H2,1-3H3,(H,18,20)(H,19,21)/t13-/m0/s1. The van der Waals surface area contributed by atoms with E-state index in [1.165, 1.54) is 0 Å². The van der Waals surface area contributed by atoms with Gasteiger partial charge in [-0.05, 0) is 44.0 Å². The summed E-state index contributed by atoms with van der Waals surface area (Å²) in [4.78, 5) is 23.7. The van der Waals surface area contributed by atoms with E-state index < -0.39 is 6.04 Å². The number of carbonyl (C=O) groups is 2. The van der Waals surface area contributed by atoms with E-state index in [-0.39, 0.29) is 11.8 Å². The predicted molar refractivity (Wildman–Crippen MR) is 85.3 cm³/mol. The Morgan fingerprint density at radius 1 is 1.29 bits per heavy atom. The number of rotatable bonds is 7. The molecule has 5 heteroatoms. The molecule has 0 bridgehead atoms. The molecule has 116 valence electrons. The van der Waals surface area contributed by atoms with Gasteiger partial charge in [-0.2, -0.15) is 0 Å². The summed E-state index contributed by atoms with van der Waals surface area (Å²) >= 11 is 0. The fourth-order valence-electron chi connectivity index (χ4n) is 1.99. The number of aryl methyl sites for hydroxylation is 1. The molecule has 1 atom stereocenters. The fourth-order valence-corrected chi connectivity index (χ4v) is 1.99. The van der Waals surface area contributed by atoms with E-state index in [0.717, 1.165) is 18.4 Å². The lowest BCUT2D eigenvalue weighted by molar-refractivity contribution is -0.117. The molecule has 1 aromatic rings. The normalized spacial score (nSPS) is 11.8. The SMILES string of the molecule is CCCC[C@H](N)C(=O)Nc1ccc(C(=O)NCC)cc1C. The molecule has 4 N–H and O–H groups in total. The maximum Gasteiger partial charge on any atom is 0.251 e. The maximum absolute atomic E-state index is 12.0. The third-order valence-corrected chi connectivity index (χ3v) is 3.29. The minimum atomic E-state index is -0.493. The summed E-state index contributed by atoms with van der Waals surface area (Å²) in [5.74, 6) is -0.296. The molecule has 2 amide bonds. The van der Waals surface area contributed by atoms with E-state index in [9.17, 15) is 9.59 Å². The van der Waals surface area contributed by atoms with Gasteiger partial charge >= 0.3 is 0 Å². The lowest BCUT2D eigenvalue weighted by atomic mass is 10.1. The van der Waals surface area contributed by atoms with Crippen molar-refractivity contribution in [2.24, 2.45) is 5.73 Å². The van der Waals surface area contributed by atoms with Crippen molar-refractivity contribution in [2.45, 2.75) is 46.1 Å². The number of benzene rings is 1. The topological polar surface area (TPSA) is 84.2 Å². The summed E-state index contributed by atoms with van der Waals surface area (Å²) in [6.07, 6.45) is 2.63. The highest BCUT2D eigenvalue weighted by molar-refractivity contribution is 5.97. The Hall–Kier alpha value is -1.88. The number of carbonyl (C=O) groups excluding carboxylic acids is 2. The second-order valence-corrected chi connectivity index (χ2v) is 5.13. The Labute approximate surface area is 126 Å². The van der Waals surface area contributed by atoms with Gasteiger partial charge in [0.1, 0.15) is 0 Å². The molecular weight excluding hydrogens is 266 g/mol. The molecule has 1 aromatic carbocycles. The third kappa shape index (κ3) is 5.19. The maximum atomic E-state index is 12.0. The first-order valence-electron chi connectivity index (χ1n) is 7.44. The minimum Gasteiger partial charge on any atom is -0.352 e. The van der Waals surface area contributed by atoms with Gasteiger partial charge in [0.05, 0.1) is 6.04 Å². The Morgan fingerprint density at radius 2 is 2.00 bits per heavy atom. The van der Waals surface area contributed by atoms with Crippen LogP contribution in [0.15, 0.2) is 18.2 Å². The van der Waals surface area contributed by atoms with Gasteiger partial charge in [0.2, 0.25) is 5.91 Å². The van der Waals surface area contributed by atoms with Crippen LogP contribution < -0.4 is 16.4 Å². The zero-order valence-corrected chi connectivity index (χ0v) is 13.0. The molecule has 0 aromatic heterocycles. The summed E-state index contributed by atoms with van der Waals surface area (Å²) in [6.45, 7) is 6.38. The van der Waals surface area contributed by atoms with Crippen molar-refractivity contribution in [3.63, 3.8) is 0 Å². The molecule has 0 heterocycles. The summed E-state index contributed by atoms with van der Waals surface area (Å²) in [5, 5.41) is 5.57. The molecule has 1 rings (SSSR count). The number of hydrogen-bond acceptors (Lipinski definition) is 3. The molecule has 0 spiro atoms. The van der Waals surface area contributed by atoms with Crippen molar-refractivity contribution in [2.75, 3.05) is 11.9 Å². The van der Waals surface area contributed by atoms with Crippen molar-refractivity contribution in [3.8, 4) is 0 Å². The van der Waals surface area contributed by atoms with E-state index in [1.807, 2.05) is 13.8 Å². The molecule has 21 heavy (non-hydrogen) atoms. The number of nitrogens with two attached hydrogens (primary N) is 1. The average molecular weight is 291 g/mol. The molecule has 0 fully saturated rings. The van der Waals surface area contributed by atoms with Crippen LogP contribution in [0, 0.1) is 6.92 Å². The highest BCUT2D eigenvalue weighted by atomic mass is 16.2. The van der Waals surface area contributed by atoms with Gasteiger partial charge in [-0.3, -0.25) is 9.59 Å². The molecule has 0 aliphatic carbocycles. The van der Waals surface area contributed by atoms with Gasteiger partial charge in [0, 0.05) is 17.8 Å². The molecule has 0 saturated carbocycles. The monoisotopic (exact) mass is 291 g/mol. The van der Waals surface area contributed by atoms with Crippen LogP contribution in [0.4, 0.5) is 5.69 Å². The van der Waals surface area contributed by atoms with E-state index in [2.05, 4.69) is 17.6 Å². The summed E-state index contributed by atoms with van der Waals surface area (Å²) in [7, 11) is 0. The van der Waals surface area contributed by atoms with Crippen molar-refractivity contribution in [3.05, 3.63) is 29.3 Å². The van der Waals surface area contributed by atoms with Crippen molar-refractivity contribution in [1.29, 1.82) is 0 Å². The van der Waals surface area contributed by atoms with Crippen molar-refractivity contribution < 1.29 is 9.59 Å². The number of anilines is 1. The first-order chi connectivity index (χ1) is 9.99. The first-order valence-corrected chi connectivity index (χ1v) is 7.44. The number of unbranched alkanes of at least 4 members (excludes halogenated alkanes) is 1. The van der Waals surface area contributed by atoms with E-state index >= 15 is 0 Å². The average Bonchev–Trinajstić information content (AvgIpc) is 2.46. The van der Waals surface area contributed by atoms with Crippen LogP contribution in [0.5, 0.6) is 0 Å². The fraction of sp³-hybridized carbons (Fsp3) is 0.500. The van der Waals surface area contributed by atoms with Crippen LogP contribution in [0.3, 0.4) is 0 Å². The molecule has 0 aliphatic rings. The van der Waals surface area contributed by atoms with Crippen LogP contribution in [-0.2, 0) is 4.79 Å². The third-order valence-electron chi connectivity index (χ3n) is 3.29. The Kier molecular flexibility index (Phi) is 6.88. The van der Waals surface area contributed by atoms with Gasteiger partial charge in [-0.15, -0.1) is 0 Å². The summed E-state index contributed by atoms with van der Waals surface area (Å²) < 4.78 is 0. The van der Waals surface area contributed by atoms with E-state index in [1.54, 1.807) is 18.2 Å². The number of hydrogen-bond donors (Lipinski definition) is 3. The molecule has 0 aliphatic heterocycles. The first kappa shape index (κ1) is 17.2. The zero-order valence-electron chi connectivity index (χ0n) is 13.0. The Morgan fingerprint density at radius 3 is 2.57 bits per heavy atom. The van der Waals surface area contributed by atoms with Gasteiger partial charge in [-0.25, -0.2) is 0 Å². The Bertz CT molecular complexity index is 500.